The van der Waals surface area contributed by atoms with Crippen LogP contribution in [0, 0.1) is 0 Å². The number of hydrogen-bond donors (Lipinski definition) is 2. The van der Waals surface area contributed by atoms with Crippen molar-refractivity contribution < 1.29 is 42.9 Å². The third-order valence-corrected chi connectivity index (χ3v) is 3.78. The summed E-state index contributed by atoms with van der Waals surface area (Å²) < 4.78 is 19.5. The summed E-state index contributed by atoms with van der Waals surface area (Å²) in [5.41, 5.74) is 5.34. The number of carbonyl (C=O) groups is 5. The summed E-state index contributed by atoms with van der Waals surface area (Å²) in [6, 6.07) is 2.46. The van der Waals surface area contributed by atoms with E-state index in [4.69, 9.17) is 18.9 Å². The van der Waals surface area contributed by atoms with Crippen LogP contribution in [0.15, 0.2) is 18.2 Å². The van der Waals surface area contributed by atoms with Gasteiger partial charge in [-0.15, -0.1) is 0 Å². The van der Waals surface area contributed by atoms with E-state index in [9.17, 15) is 24.0 Å². The van der Waals surface area contributed by atoms with Crippen LogP contribution in [-0.2, 0) is 33.3 Å². The summed E-state index contributed by atoms with van der Waals surface area (Å²) >= 11 is 0. The Morgan fingerprint density at radius 1 is 0.750 bits per heavy atom. The van der Waals surface area contributed by atoms with Gasteiger partial charge in [-0.3, -0.25) is 9.59 Å². The van der Waals surface area contributed by atoms with Gasteiger partial charge in [0, 0.05) is 0 Å². The normalized spacial score (nSPS) is 11.1. The van der Waals surface area contributed by atoms with Crippen molar-refractivity contribution in [1.82, 2.24) is 5.43 Å². The molecule has 176 valence electrons. The van der Waals surface area contributed by atoms with Crippen molar-refractivity contribution in [1.29, 1.82) is 0 Å². The highest BCUT2D eigenvalue weighted by Gasteiger charge is 2.30. The average molecular weight is 452 g/mol. The number of Topliss-reactive ketones (excluding diaryl/α,β-unsaturated/α-hetero) is 1. The van der Waals surface area contributed by atoms with Crippen molar-refractivity contribution in [2.75, 3.05) is 31.9 Å². The molecule has 0 aromatic heterocycles. The maximum Gasteiger partial charge on any atom is 0.338 e. The molecule has 1 atom stereocenters. The zero-order valence-corrected chi connectivity index (χ0v) is 18.5. The lowest BCUT2D eigenvalue weighted by Crippen LogP contribution is -2.48. The second-order valence-corrected chi connectivity index (χ2v) is 6.14. The second-order valence-electron chi connectivity index (χ2n) is 6.14. The van der Waals surface area contributed by atoms with Crippen molar-refractivity contribution in [3.8, 4) is 0 Å². The van der Waals surface area contributed by atoms with E-state index >= 15 is 0 Å². The molecular weight excluding hydrogens is 424 g/mol. The van der Waals surface area contributed by atoms with Crippen LogP contribution in [0.3, 0.4) is 0 Å². The molecule has 1 rings (SSSR count). The molecule has 2 N–H and O–H groups in total. The molecule has 0 radical (unpaired) electrons. The smallest absolute Gasteiger partial charge is 0.338 e. The van der Waals surface area contributed by atoms with Gasteiger partial charge >= 0.3 is 23.9 Å². The Morgan fingerprint density at radius 2 is 1.25 bits per heavy atom. The SMILES string of the molecule is CCOC(=O)CC(=O)C(NNc1cc(C(=O)OCC)cc(C(=O)OCC)c1)C(=O)OCC. The number of benzene rings is 1. The third kappa shape index (κ3) is 8.34. The fourth-order valence-electron chi connectivity index (χ4n) is 2.47. The van der Waals surface area contributed by atoms with Crippen LogP contribution in [0.2, 0.25) is 0 Å². The van der Waals surface area contributed by atoms with E-state index < -0.39 is 42.1 Å². The van der Waals surface area contributed by atoms with Crippen LogP contribution in [0.1, 0.15) is 54.8 Å². The molecule has 1 aromatic rings. The van der Waals surface area contributed by atoms with Crippen LogP contribution in [0.25, 0.3) is 0 Å². The Bertz CT molecular complexity index is 802. The Morgan fingerprint density at radius 3 is 1.72 bits per heavy atom. The molecule has 0 saturated carbocycles. The highest BCUT2D eigenvalue weighted by atomic mass is 16.5. The van der Waals surface area contributed by atoms with Crippen molar-refractivity contribution in [3.05, 3.63) is 29.3 Å². The first-order valence-corrected chi connectivity index (χ1v) is 10.1. The predicted molar refractivity (Wildman–Crippen MR) is 112 cm³/mol. The van der Waals surface area contributed by atoms with Gasteiger partial charge in [0.15, 0.2) is 11.8 Å². The fraction of sp³-hybridized carbons (Fsp3) is 0.476. The predicted octanol–water partition coefficient (Wildman–Crippen LogP) is 1.41. The van der Waals surface area contributed by atoms with Crippen LogP contribution in [0.4, 0.5) is 5.69 Å². The highest BCUT2D eigenvalue weighted by molar-refractivity contribution is 6.09. The molecule has 0 aliphatic heterocycles. The van der Waals surface area contributed by atoms with Gasteiger partial charge in [0.1, 0.15) is 6.42 Å². The van der Waals surface area contributed by atoms with E-state index in [-0.39, 0.29) is 43.2 Å². The lowest BCUT2D eigenvalue weighted by molar-refractivity contribution is -0.150. The highest BCUT2D eigenvalue weighted by Crippen LogP contribution is 2.17. The minimum Gasteiger partial charge on any atom is -0.466 e. The van der Waals surface area contributed by atoms with Crippen LogP contribution in [-0.4, -0.2) is 62.1 Å². The number of ketones is 1. The van der Waals surface area contributed by atoms with Gasteiger partial charge in [0.25, 0.3) is 0 Å². The van der Waals surface area contributed by atoms with Gasteiger partial charge in [0.05, 0.1) is 43.2 Å². The Hall–Kier alpha value is -3.47. The molecule has 1 unspecified atom stereocenters. The molecule has 0 spiro atoms. The van der Waals surface area contributed by atoms with Gasteiger partial charge in [-0.2, -0.15) is 0 Å². The van der Waals surface area contributed by atoms with Gasteiger partial charge < -0.3 is 24.4 Å². The summed E-state index contributed by atoms with van der Waals surface area (Å²) in [5.74, 6) is -3.85. The van der Waals surface area contributed by atoms with Crippen LogP contribution >= 0.6 is 0 Å². The van der Waals surface area contributed by atoms with Gasteiger partial charge in [-0.1, -0.05) is 0 Å². The number of carbonyl (C=O) groups excluding carboxylic acids is 5. The molecule has 0 saturated heterocycles. The molecule has 0 heterocycles. The topological polar surface area (TPSA) is 146 Å². The van der Waals surface area contributed by atoms with E-state index in [1.807, 2.05) is 0 Å². The molecule has 0 aliphatic rings. The van der Waals surface area contributed by atoms with Gasteiger partial charge in [0.2, 0.25) is 0 Å². The summed E-state index contributed by atoms with van der Waals surface area (Å²) in [5, 5.41) is 0. The van der Waals surface area contributed by atoms with Crippen molar-refractivity contribution in [2.45, 2.75) is 40.2 Å². The quantitative estimate of drug-likeness (QED) is 0.194. The number of esters is 4. The summed E-state index contributed by atoms with van der Waals surface area (Å²) in [6.45, 7) is 6.75. The van der Waals surface area contributed by atoms with E-state index in [0.29, 0.717) is 0 Å². The zero-order valence-electron chi connectivity index (χ0n) is 18.5. The molecule has 0 fully saturated rings. The summed E-state index contributed by atoms with van der Waals surface area (Å²) in [6.07, 6.45) is -0.650. The van der Waals surface area contributed by atoms with Crippen LogP contribution < -0.4 is 10.9 Å². The van der Waals surface area contributed by atoms with Crippen molar-refractivity contribution >= 4 is 35.3 Å². The molecule has 11 nitrogen and oxygen atoms in total. The molecule has 0 bridgehead atoms. The zero-order chi connectivity index (χ0) is 24.1. The lowest BCUT2D eigenvalue weighted by atomic mass is 10.1. The second kappa shape index (κ2) is 13.8. The Labute approximate surface area is 185 Å². The maximum absolute atomic E-state index is 12.4. The lowest BCUT2D eigenvalue weighted by Gasteiger charge is -2.18. The summed E-state index contributed by atoms with van der Waals surface area (Å²) in [4.78, 5) is 60.6. The minimum atomic E-state index is -1.54. The molecule has 11 heteroatoms. The van der Waals surface area contributed by atoms with Crippen LogP contribution in [0.5, 0.6) is 0 Å². The monoisotopic (exact) mass is 452 g/mol. The first-order valence-electron chi connectivity index (χ1n) is 10.1. The van der Waals surface area contributed by atoms with E-state index in [2.05, 4.69) is 10.9 Å². The largest absolute Gasteiger partial charge is 0.466 e. The number of hydrazine groups is 1. The van der Waals surface area contributed by atoms with Gasteiger partial charge in [-0.05, 0) is 45.9 Å². The standard InChI is InChI=1S/C21H28N2O9/c1-5-29-17(25)12-16(24)18(21(28)32-8-4)23-22-15-10-13(19(26)30-6-2)9-14(11-15)20(27)31-7-3/h9-11,18,22-23H,5-8,12H2,1-4H3. The van der Waals surface area contributed by atoms with E-state index in [1.54, 1.807) is 27.7 Å². The number of hydrogen-bond acceptors (Lipinski definition) is 11. The number of rotatable bonds is 13. The summed E-state index contributed by atoms with van der Waals surface area (Å²) in [7, 11) is 0. The van der Waals surface area contributed by atoms with E-state index in [1.165, 1.54) is 18.2 Å². The maximum atomic E-state index is 12.4. The van der Waals surface area contributed by atoms with Crippen molar-refractivity contribution in [3.63, 3.8) is 0 Å². The molecule has 32 heavy (non-hydrogen) atoms. The van der Waals surface area contributed by atoms with Crippen molar-refractivity contribution in [2.24, 2.45) is 0 Å². The molecule has 1 aromatic carbocycles. The Balaban J connectivity index is 3.13. The molecule has 0 amide bonds. The van der Waals surface area contributed by atoms with E-state index in [0.717, 1.165) is 0 Å². The molecule has 0 aliphatic carbocycles. The number of anilines is 1. The average Bonchev–Trinajstić information content (AvgIpc) is 2.74. The first kappa shape index (κ1) is 26.6. The minimum absolute atomic E-state index is 0.00898. The Kier molecular flexibility index (Phi) is 11.4. The molecular formula is C21H28N2O9. The number of ether oxygens (including phenoxy) is 4. The first-order chi connectivity index (χ1) is 15.3. The fourth-order valence-corrected chi connectivity index (χ4v) is 2.47. The van der Waals surface area contributed by atoms with Gasteiger partial charge in [-0.25, -0.2) is 19.8 Å². The number of nitrogens with one attached hydrogen (secondary N) is 2. The third-order valence-electron chi connectivity index (χ3n) is 3.78.